The molecule has 4 nitrogen and oxygen atoms in total. The van der Waals surface area contributed by atoms with Gasteiger partial charge < -0.3 is 18.5 Å². The monoisotopic (exact) mass is 577 g/mol. The second kappa shape index (κ2) is 7.92. The van der Waals surface area contributed by atoms with Gasteiger partial charge in [0.15, 0.2) is 0 Å². The van der Waals surface area contributed by atoms with Crippen LogP contribution in [0.3, 0.4) is 0 Å². The summed E-state index contributed by atoms with van der Waals surface area (Å²) in [4.78, 5) is 0. The van der Waals surface area contributed by atoms with E-state index in [4.69, 9.17) is 25.7 Å². The van der Waals surface area contributed by atoms with Crippen LogP contribution in [0.5, 0.6) is 23.0 Å². The number of rotatable bonds is 1. The highest BCUT2D eigenvalue weighted by molar-refractivity contribution is 8.26. The Kier molecular flexibility index (Phi) is 4.30. The number of para-hydroxylation sites is 4. The molecule has 0 amide bonds. The quantitative estimate of drug-likeness (QED) is 0.183. The van der Waals surface area contributed by atoms with Crippen LogP contribution < -0.4 is 25.4 Å². The Hall–Kier alpha value is -4.83. The van der Waals surface area contributed by atoms with Gasteiger partial charge in [0.25, 0.3) is 0 Å². The van der Waals surface area contributed by atoms with Crippen molar-refractivity contribution in [3.63, 3.8) is 0 Å². The fraction of sp³-hybridized carbons (Fsp3) is 0. The van der Waals surface area contributed by atoms with Crippen LogP contribution in [0.1, 0.15) is 0 Å². The summed E-state index contributed by atoms with van der Waals surface area (Å²) in [6.07, 6.45) is 0. The van der Waals surface area contributed by atoms with Crippen LogP contribution in [0.15, 0.2) is 126 Å². The second-order valence-electron chi connectivity index (χ2n) is 10.8. The Balaban J connectivity index is 1.33. The van der Waals surface area contributed by atoms with Crippen molar-refractivity contribution in [3.05, 3.63) is 121 Å². The molecule has 2 aromatic heterocycles. The average Bonchev–Trinajstić information content (AvgIpc) is 3.57. The Morgan fingerprint density at radius 1 is 0.524 bits per heavy atom. The van der Waals surface area contributed by atoms with E-state index in [9.17, 15) is 0 Å². The van der Waals surface area contributed by atoms with Crippen molar-refractivity contribution < 1.29 is 13.9 Å². The normalized spacial score (nSPS) is 16.7. The number of nitrogens with zero attached hydrogens (tertiary/aromatic N) is 1. The molecule has 0 saturated heterocycles. The zero-order valence-electron chi connectivity index (χ0n) is 22.1. The summed E-state index contributed by atoms with van der Waals surface area (Å²) >= 11 is 6.91. The molecule has 8 aromatic rings. The summed E-state index contributed by atoms with van der Waals surface area (Å²) in [6.45, 7) is 0. The smallest absolute Gasteiger partial charge is 0.142 e. The van der Waals surface area contributed by atoms with Gasteiger partial charge in [0.05, 0.1) is 28.1 Å². The van der Waals surface area contributed by atoms with Crippen LogP contribution in [-0.4, -0.2) is 4.57 Å². The van der Waals surface area contributed by atoms with Gasteiger partial charge in [-0.15, -0.1) is 0 Å². The van der Waals surface area contributed by atoms with Crippen molar-refractivity contribution >= 4 is 77.5 Å². The summed E-state index contributed by atoms with van der Waals surface area (Å²) in [5, 5.41) is 7.53. The Morgan fingerprint density at radius 2 is 1.14 bits per heavy atom. The molecule has 0 radical (unpaired) electrons. The number of aromatic nitrogens is 1. The fourth-order valence-electron chi connectivity index (χ4n) is 6.93. The van der Waals surface area contributed by atoms with Crippen LogP contribution in [-0.2, 0) is 11.8 Å². The lowest BCUT2D eigenvalue weighted by Gasteiger charge is -2.38. The maximum absolute atomic E-state index is 6.91. The highest BCUT2D eigenvalue weighted by Crippen LogP contribution is 2.60. The maximum Gasteiger partial charge on any atom is 0.142 e. The number of hydrogen-bond acceptors (Lipinski definition) is 4. The van der Waals surface area contributed by atoms with E-state index < -0.39 is 6.04 Å². The number of fused-ring (bicyclic) bond motifs is 11. The van der Waals surface area contributed by atoms with Crippen LogP contribution >= 0.6 is 6.04 Å². The number of hydrogen-bond donors (Lipinski definition) is 0. The number of furan rings is 1. The van der Waals surface area contributed by atoms with Gasteiger partial charge in [-0.3, -0.25) is 0 Å². The average molecular weight is 578 g/mol. The highest BCUT2D eigenvalue weighted by atomic mass is 32.4. The minimum absolute atomic E-state index is 0.752. The zero-order valence-corrected chi connectivity index (χ0v) is 23.8. The molecular weight excluding hydrogens is 557 g/mol. The summed E-state index contributed by atoms with van der Waals surface area (Å²) in [5.74, 6) is 3.09. The van der Waals surface area contributed by atoms with Gasteiger partial charge >= 0.3 is 0 Å². The second-order valence-corrected chi connectivity index (χ2v) is 15.1. The first-order chi connectivity index (χ1) is 20.7. The van der Waals surface area contributed by atoms with Crippen LogP contribution in [0.2, 0.25) is 0 Å². The topological polar surface area (TPSA) is 36.5 Å². The zero-order chi connectivity index (χ0) is 27.6. The third-order valence-corrected chi connectivity index (χ3v) is 13.5. The molecule has 1 atom stereocenters. The van der Waals surface area contributed by atoms with E-state index in [-0.39, 0.29) is 0 Å². The van der Waals surface area contributed by atoms with Crippen LogP contribution in [0, 0.1) is 0 Å². The minimum atomic E-state index is -2.61. The summed E-state index contributed by atoms with van der Waals surface area (Å²) in [7, 11) is 0. The molecule has 10 rings (SSSR count). The largest absolute Gasteiger partial charge is 0.456 e. The van der Waals surface area contributed by atoms with Gasteiger partial charge in [-0.2, -0.15) is 0 Å². The lowest BCUT2D eigenvalue weighted by Crippen LogP contribution is -2.35. The van der Waals surface area contributed by atoms with E-state index in [2.05, 4.69) is 83.4 Å². The third-order valence-electron chi connectivity index (χ3n) is 8.62. The molecule has 6 aromatic carbocycles. The molecule has 4 heterocycles. The Bertz CT molecular complexity index is 2450. The Labute approximate surface area is 245 Å². The number of benzene rings is 6. The predicted molar refractivity (Wildman–Crippen MR) is 174 cm³/mol. The van der Waals surface area contributed by atoms with Crippen molar-refractivity contribution in [2.75, 3.05) is 0 Å². The number of ether oxygens (including phenoxy) is 2. The minimum Gasteiger partial charge on any atom is -0.456 e. The molecule has 198 valence electrons. The first-order valence-electron chi connectivity index (χ1n) is 13.9. The lowest BCUT2D eigenvalue weighted by atomic mass is 10.1. The van der Waals surface area contributed by atoms with Crippen molar-refractivity contribution in [2.45, 2.75) is 0 Å². The van der Waals surface area contributed by atoms with Crippen molar-refractivity contribution in [2.24, 2.45) is 0 Å². The van der Waals surface area contributed by atoms with E-state index in [0.717, 1.165) is 77.6 Å². The van der Waals surface area contributed by atoms with Gasteiger partial charge in [-0.1, -0.05) is 78.5 Å². The van der Waals surface area contributed by atoms with E-state index in [1.807, 2.05) is 42.5 Å². The maximum atomic E-state index is 6.91. The SMILES string of the molecule is S=P12c3ccccc3Oc3cc(-n4c5ccccc5c5ccccc54)cc(c31)Oc1ccc3oc4ccccc4c3c12. The van der Waals surface area contributed by atoms with Crippen molar-refractivity contribution in [1.29, 1.82) is 0 Å². The van der Waals surface area contributed by atoms with Gasteiger partial charge in [-0.25, -0.2) is 0 Å². The fourth-order valence-corrected chi connectivity index (χ4v) is 11.7. The molecule has 2 aliphatic heterocycles. The predicted octanol–water partition coefficient (Wildman–Crippen LogP) is 8.65. The molecule has 0 N–H and O–H groups in total. The molecule has 0 aliphatic carbocycles. The highest BCUT2D eigenvalue weighted by Gasteiger charge is 2.44. The standard InChI is InChI=1S/C36H20NO3PS/c42-41-33-16-8-7-15-28(33)39-31-19-21(37-25-12-4-1-9-22(25)23-10-2-5-13-26(23)37)20-32(35(31)41)40-30-18-17-29-34(36(30)41)24-11-3-6-14-27(24)38-29/h1-20H. The molecule has 42 heavy (non-hydrogen) atoms. The first kappa shape index (κ1) is 22.8. The summed E-state index contributed by atoms with van der Waals surface area (Å²) < 4.78 is 22.1. The van der Waals surface area contributed by atoms with Gasteiger partial charge in [0.2, 0.25) is 0 Å². The van der Waals surface area contributed by atoms with Crippen molar-refractivity contribution in [3.8, 4) is 28.7 Å². The van der Waals surface area contributed by atoms with E-state index in [1.165, 1.54) is 10.8 Å². The van der Waals surface area contributed by atoms with Gasteiger partial charge in [0, 0.05) is 44.3 Å². The van der Waals surface area contributed by atoms with Gasteiger partial charge in [0.1, 0.15) is 34.2 Å². The lowest BCUT2D eigenvalue weighted by molar-refractivity contribution is 0.466. The molecule has 0 fully saturated rings. The molecule has 0 saturated carbocycles. The van der Waals surface area contributed by atoms with E-state index in [1.54, 1.807) is 0 Å². The van der Waals surface area contributed by atoms with Crippen LogP contribution in [0.25, 0.3) is 49.4 Å². The Morgan fingerprint density at radius 3 is 1.90 bits per heavy atom. The molecule has 6 heteroatoms. The third kappa shape index (κ3) is 2.75. The van der Waals surface area contributed by atoms with Gasteiger partial charge in [-0.05, 0) is 42.5 Å². The molecule has 0 bridgehead atoms. The van der Waals surface area contributed by atoms with E-state index in [0.29, 0.717) is 0 Å². The molecule has 1 unspecified atom stereocenters. The summed E-state index contributed by atoms with van der Waals surface area (Å²) in [6, 6.07) is 39.1. The van der Waals surface area contributed by atoms with Crippen molar-refractivity contribution in [1.82, 2.24) is 4.57 Å². The summed E-state index contributed by atoms with van der Waals surface area (Å²) in [5.41, 5.74) is 4.89. The molecular formula is C36H20NO3PS. The first-order valence-corrected chi connectivity index (χ1v) is 16.7. The van der Waals surface area contributed by atoms with Crippen LogP contribution in [0.4, 0.5) is 0 Å². The van der Waals surface area contributed by atoms with E-state index >= 15 is 0 Å². The molecule has 0 spiro atoms. The molecule has 2 aliphatic rings.